The third-order valence-electron chi connectivity index (χ3n) is 2.47. The van der Waals surface area contributed by atoms with E-state index in [1.165, 1.54) is 0 Å². The van der Waals surface area contributed by atoms with Crippen molar-refractivity contribution in [3.05, 3.63) is 33.8 Å². The van der Waals surface area contributed by atoms with E-state index in [-0.39, 0.29) is 18.6 Å². The van der Waals surface area contributed by atoms with Crippen LogP contribution in [0.4, 0.5) is 0 Å². The molecule has 0 aliphatic heterocycles. The molecule has 1 atom stereocenters. The van der Waals surface area contributed by atoms with Crippen molar-refractivity contribution >= 4 is 21.8 Å². The van der Waals surface area contributed by atoms with E-state index in [4.69, 9.17) is 5.11 Å². The Morgan fingerprint density at radius 1 is 1.56 bits per heavy atom. The van der Waals surface area contributed by atoms with E-state index < -0.39 is 0 Å². The number of hydrogen-bond donors (Lipinski definition) is 2. The molecule has 0 aliphatic carbocycles. The number of halogens is 1. The summed E-state index contributed by atoms with van der Waals surface area (Å²) >= 11 is 3.38. The van der Waals surface area contributed by atoms with Gasteiger partial charge in [-0.3, -0.25) is 4.79 Å². The van der Waals surface area contributed by atoms with Crippen LogP contribution in [0.25, 0.3) is 0 Å². The van der Waals surface area contributed by atoms with E-state index >= 15 is 0 Å². The molecule has 0 heterocycles. The fourth-order valence-corrected chi connectivity index (χ4v) is 1.58. The van der Waals surface area contributed by atoms with Crippen molar-refractivity contribution in [2.24, 2.45) is 0 Å². The molecule has 4 heteroatoms. The third kappa shape index (κ3) is 3.32. The van der Waals surface area contributed by atoms with Gasteiger partial charge in [0, 0.05) is 10.0 Å². The summed E-state index contributed by atoms with van der Waals surface area (Å²) in [6.07, 6.45) is 0.720. The van der Waals surface area contributed by atoms with Gasteiger partial charge < -0.3 is 10.4 Å². The topological polar surface area (TPSA) is 49.3 Å². The highest BCUT2D eigenvalue weighted by Crippen LogP contribution is 2.17. The lowest BCUT2D eigenvalue weighted by Gasteiger charge is -2.14. The number of amides is 1. The number of hydrogen-bond acceptors (Lipinski definition) is 2. The smallest absolute Gasteiger partial charge is 0.251 e. The van der Waals surface area contributed by atoms with Gasteiger partial charge in [0.1, 0.15) is 0 Å². The van der Waals surface area contributed by atoms with E-state index in [9.17, 15) is 4.79 Å². The van der Waals surface area contributed by atoms with Crippen LogP contribution >= 0.6 is 15.9 Å². The second-order valence-corrected chi connectivity index (χ2v) is 4.58. The maximum Gasteiger partial charge on any atom is 0.251 e. The predicted octanol–water partition coefficient (Wildman–Crippen LogP) is 2.26. The van der Waals surface area contributed by atoms with Gasteiger partial charge >= 0.3 is 0 Å². The Morgan fingerprint density at radius 2 is 2.25 bits per heavy atom. The highest BCUT2D eigenvalue weighted by Gasteiger charge is 2.11. The molecule has 3 nitrogen and oxygen atoms in total. The van der Waals surface area contributed by atoms with Crippen LogP contribution in [0.5, 0.6) is 0 Å². The quantitative estimate of drug-likeness (QED) is 0.892. The number of rotatable bonds is 4. The Morgan fingerprint density at radius 3 is 2.75 bits per heavy atom. The molecule has 88 valence electrons. The minimum atomic E-state index is -0.170. The van der Waals surface area contributed by atoms with E-state index in [1.807, 2.05) is 26.0 Å². The van der Waals surface area contributed by atoms with Crippen LogP contribution in [0, 0.1) is 6.92 Å². The Hall–Kier alpha value is -0.870. The van der Waals surface area contributed by atoms with Gasteiger partial charge in [-0.05, 0) is 37.1 Å². The van der Waals surface area contributed by atoms with Crippen LogP contribution < -0.4 is 5.32 Å². The van der Waals surface area contributed by atoms with Crippen molar-refractivity contribution in [3.63, 3.8) is 0 Å². The van der Waals surface area contributed by atoms with Crippen molar-refractivity contribution in [2.45, 2.75) is 26.3 Å². The van der Waals surface area contributed by atoms with Crippen LogP contribution in [0.1, 0.15) is 29.3 Å². The van der Waals surface area contributed by atoms with Crippen LogP contribution in [0.2, 0.25) is 0 Å². The minimum absolute atomic E-state index is 0.0300. The largest absolute Gasteiger partial charge is 0.394 e. The van der Waals surface area contributed by atoms with E-state index in [0.29, 0.717) is 5.56 Å². The summed E-state index contributed by atoms with van der Waals surface area (Å²) in [7, 11) is 0. The number of aryl methyl sites for hydroxylation is 1. The first-order valence-electron chi connectivity index (χ1n) is 5.26. The lowest BCUT2D eigenvalue weighted by Crippen LogP contribution is -2.36. The molecule has 0 aromatic heterocycles. The first-order chi connectivity index (χ1) is 7.58. The fraction of sp³-hybridized carbons (Fsp3) is 0.417. The fourth-order valence-electron chi connectivity index (χ4n) is 1.33. The number of aliphatic hydroxyl groups excluding tert-OH is 1. The molecule has 0 aliphatic rings. The van der Waals surface area contributed by atoms with Crippen molar-refractivity contribution in [1.29, 1.82) is 0 Å². The van der Waals surface area contributed by atoms with Gasteiger partial charge in [-0.1, -0.05) is 22.9 Å². The highest BCUT2D eigenvalue weighted by molar-refractivity contribution is 9.10. The van der Waals surface area contributed by atoms with Crippen molar-refractivity contribution in [1.82, 2.24) is 5.32 Å². The van der Waals surface area contributed by atoms with E-state index in [1.54, 1.807) is 6.07 Å². The van der Waals surface area contributed by atoms with Crippen molar-refractivity contribution < 1.29 is 9.90 Å². The molecule has 0 unspecified atom stereocenters. The summed E-state index contributed by atoms with van der Waals surface area (Å²) in [4.78, 5) is 11.8. The molecule has 0 fully saturated rings. The van der Waals surface area contributed by atoms with Crippen LogP contribution in [-0.4, -0.2) is 23.7 Å². The average molecular weight is 286 g/mol. The Balaban J connectivity index is 2.76. The molecule has 0 spiro atoms. The molecular formula is C12H16BrNO2. The molecule has 16 heavy (non-hydrogen) atoms. The molecule has 1 aromatic rings. The summed E-state index contributed by atoms with van der Waals surface area (Å²) < 4.78 is 0.984. The summed E-state index contributed by atoms with van der Waals surface area (Å²) in [6.45, 7) is 3.83. The first kappa shape index (κ1) is 13.2. The summed E-state index contributed by atoms with van der Waals surface area (Å²) in [5.41, 5.74) is 1.64. The molecule has 2 N–H and O–H groups in total. The molecule has 0 radical (unpaired) electrons. The predicted molar refractivity (Wildman–Crippen MR) is 67.5 cm³/mol. The number of benzene rings is 1. The minimum Gasteiger partial charge on any atom is -0.394 e. The van der Waals surface area contributed by atoms with Gasteiger partial charge in [0.05, 0.1) is 12.6 Å². The zero-order valence-corrected chi connectivity index (χ0v) is 11.0. The molecular weight excluding hydrogens is 270 g/mol. The summed E-state index contributed by atoms with van der Waals surface area (Å²) in [5, 5.41) is 11.8. The monoisotopic (exact) mass is 285 g/mol. The molecule has 1 amide bonds. The first-order valence-corrected chi connectivity index (χ1v) is 6.05. The van der Waals surface area contributed by atoms with Crippen LogP contribution in [0.15, 0.2) is 22.7 Å². The van der Waals surface area contributed by atoms with Gasteiger partial charge in [0.15, 0.2) is 0 Å². The maximum absolute atomic E-state index is 11.8. The lowest BCUT2D eigenvalue weighted by atomic mass is 10.1. The van der Waals surface area contributed by atoms with Crippen molar-refractivity contribution in [3.8, 4) is 0 Å². The molecule has 1 aromatic carbocycles. The Kier molecular flexibility index (Phi) is 4.96. The maximum atomic E-state index is 11.8. The summed E-state index contributed by atoms with van der Waals surface area (Å²) in [5.74, 6) is -0.142. The SMILES string of the molecule is CC[C@@H](CO)NC(=O)c1ccc(Br)c(C)c1. The number of nitrogens with one attached hydrogen (secondary N) is 1. The summed E-state index contributed by atoms with van der Waals surface area (Å²) in [6, 6.07) is 5.26. The van der Waals surface area contributed by atoms with E-state index in [0.717, 1.165) is 16.5 Å². The van der Waals surface area contributed by atoms with Gasteiger partial charge in [-0.15, -0.1) is 0 Å². The highest BCUT2D eigenvalue weighted by atomic mass is 79.9. The molecule has 1 rings (SSSR count). The second-order valence-electron chi connectivity index (χ2n) is 3.73. The zero-order valence-electron chi connectivity index (χ0n) is 9.46. The third-order valence-corrected chi connectivity index (χ3v) is 3.36. The molecule has 0 bridgehead atoms. The zero-order chi connectivity index (χ0) is 12.1. The number of carbonyl (C=O) groups excluding carboxylic acids is 1. The number of aliphatic hydroxyl groups is 1. The standard InChI is InChI=1S/C12H16BrNO2/c1-3-10(7-15)14-12(16)9-4-5-11(13)8(2)6-9/h4-6,10,15H,3,7H2,1-2H3,(H,14,16)/t10-/m0/s1. The van der Waals surface area contributed by atoms with Gasteiger partial charge in [0.2, 0.25) is 0 Å². The lowest BCUT2D eigenvalue weighted by molar-refractivity contribution is 0.0915. The van der Waals surface area contributed by atoms with Crippen LogP contribution in [-0.2, 0) is 0 Å². The Bertz CT molecular complexity index is 375. The second kappa shape index (κ2) is 6.01. The van der Waals surface area contributed by atoms with Crippen molar-refractivity contribution in [2.75, 3.05) is 6.61 Å². The van der Waals surface area contributed by atoms with Gasteiger partial charge in [-0.2, -0.15) is 0 Å². The van der Waals surface area contributed by atoms with Gasteiger partial charge in [-0.25, -0.2) is 0 Å². The molecule has 0 saturated heterocycles. The normalized spacial score (nSPS) is 12.2. The van der Waals surface area contributed by atoms with Gasteiger partial charge in [0.25, 0.3) is 5.91 Å². The van der Waals surface area contributed by atoms with E-state index in [2.05, 4.69) is 21.2 Å². The molecule has 0 saturated carbocycles. The Labute approximate surface area is 104 Å². The number of carbonyl (C=O) groups is 1. The van der Waals surface area contributed by atoms with Crippen LogP contribution in [0.3, 0.4) is 0 Å². The average Bonchev–Trinajstić information content (AvgIpc) is 2.29.